The predicted octanol–water partition coefficient (Wildman–Crippen LogP) is 2.28. The SMILES string of the molecule is CC(O)C(=O)O.CCOc1ccc2nc3cc(N)ccc3c(N)c2c1.[O-2].[Zn+2]. The molecule has 3 rings (SSSR count). The molecule has 1 atom stereocenters. The smallest absolute Gasteiger partial charge is 2.00 e. The van der Waals surface area contributed by atoms with Crippen molar-refractivity contribution < 1.29 is 44.7 Å². The van der Waals surface area contributed by atoms with E-state index in [0.717, 1.165) is 27.6 Å². The van der Waals surface area contributed by atoms with Gasteiger partial charge in [-0.1, -0.05) is 0 Å². The number of carbonyl (C=O) groups is 1. The molecule has 0 aliphatic heterocycles. The number of aliphatic hydroxyl groups excluding tert-OH is 1. The molecule has 2 aromatic carbocycles. The normalized spacial score (nSPS) is 10.8. The van der Waals surface area contributed by atoms with E-state index in [1.54, 1.807) is 0 Å². The summed E-state index contributed by atoms with van der Waals surface area (Å²) in [5.74, 6) is -0.381. The number of aromatic nitrogens is 1. The molecule has 3 aromatic rings. The summed E-state index contributed by atoms with van der Waals surface area (Å²) in [5.41, 5.74) is 15.1. The number of pyridine rings is 1. The maximum absolute atomic E-state index is 9.45. The van der Waals surface area contributed by atoms with Gasteiger partial charge >= 0.3 is 25.4 Å². The number of hydrogen-bond donors (Lipinski definition) is 4. The summed E-state index contributed by atoms with van der Waals surface area (Å²) in [5, 5.41) is 17.6. The van der Waals surface area contributed by atoms with E-state index in [1.165, 1.54) is 6.92 Å². The van der Waals surface area contributed by atoms with Crippen LogP contribution in [0.25, 0.3) is 21.8 Å². The molecule has 27 heavy (non-hydrogen) atoms. The Morgan fingerprint density at radius 1 is 1.15 bits per heavy atom. The number of nitrogens with zero attached hydrogens (tertiary/aromatic N) is 1. The van der Waals surface area contributed by atoms with Crippen LogP contribution in [-0.2, 0) is 29.7 Å². The standard InChI is InChI=1S/C15H15N3O.C3H6O3.O.Zn/c1-2-19-10-4-6-13-12(8-10)15(17)11-5-3-9(16)7-14(11)18-13;1-2(4)3(5)6;;/h3-8H,2,16H2,1H3,(H2,17,18);2,4H,1H3,(H,5,6);;/q;;-2;+2. The number of aliphatic hydroxyl groups is 1. The minimum absolute atomic E-state index is 0. The van der Waals surface area contributed by atoms with Crippen molar-refractivity contribution in [3.63, 3.8) is 0 Å². The maximum Gasteiger partial charge on any atom is 2.00 e. The molecule has 0 amide bonds. The van der Waals surface area contributed by atoms with Crippen LogP contribution in [0.3, 0.4) is 0 Å². The molecule has 9 heteroatoms. The number of carboxylic acid groups (broad SMARTS) is 1. The van der Waals surface area contributed by atoms with Gasteiger partial charge < -0.3 is 31.9 Å². The first-order chi connectivity index (χ1) is 11.8. The van der Waals surface area contributed by atoms with Crippen molar-refractivity contribution in [3.05, 3.63) is 36.4 Å². The summed E-state index contributed by atoms with van der Waals surface area (Å²) in [7, 11) is 0. The molecule has 1 heterocycles. The van der Waals surface area contributed by atoms with E-state index < -0.39 is 12.1 Å². The number of hydrogen-bond acceptors (Lipinski definition) is 6. The molecule has 0 spiro atoms. The van der Waals surface area contributed by atoms with Gasteiger partial charge in [0.25, 0.3) is 0 Å². The minimum Gasteiger partial charge on any atom is -2.00 e. The van der Waals surface area contributed by atoms with Crippen molar-refractivity contribution in [2.75, 3.05) is 18.1 Å². The van der Waals surface area contributed by atoms with Crippen molar-refractivity contribution in [2.45, 2.75) is 20.0 Å². The van der Waals surface area contributed by atoms with Gasteiger partial charge in [-0.25, -0.2) is 9.78 Å². The summed E-state index contributed by atoms with van der Waals surface area (Å²) in [6, 6.07) is 11.3. The van der Waals surface area contributed by atoms with Crippen LogP contribution < -0.4 is 16.2 Å². The number of nitrogens with two attached hydrogens (primary N) is 2. The van der Waals surface area contributed by atoms with Gasteiger partial charge in [0.1, 0.15) is 11.9 Å². The van der Waals surface area contributed by atoms with E-state index >= 15 is 0 Å². The van der Waals surface area contributed by atoms with Crippen LogP contribution in [0.5, 0.6) is 5.75 Å². The number of carboxylic acids is 1. The molecule has 1 aromatic heterocycles. The molecule has 0 aliphatic rings. The monoisotopic (exact) mass is 423 g/mol. The van der Waals surface area contributed by atoms with E-state index in [1.807, 2.05) is 43.3 Å². The Morgan fingerprint density at radius 3 is 2.33 bits per heavy atom. The second kappa shape index (κ2) is 10.6. The van der Waals surface area contributed by atoms with E-state index in [2.05, 4.69) is 4.98 Å². The van der Waals surface area contributed by atoms with E-state index in [0.29, 0.717) is 18.0 Å². The van der Waals surface area contributed by atoms with Gasteiger partial charge in [0.05, 0.1) is 23.3 Å². The Bertz CT molecular complexity index is 918. The van der Waals surface area contributed by atoms with Crippen molar-refractivity contribution in [1.82, 2.24) is 4.98 Å². The predicted molar refractivity (Wildman–Crippen MR) is 99.2 cm³/mol. The second-order valence-electron chi connectivity index (χ2n) is 5.43. The number of aliphatic carboxylic acids is 1. The molecular weight excluding hydrogens is 404 g/mol. The molecule has 1 unspecified atom stereocenters. The molecule has 0 fully saturated rings. The van der Waals surface area contributed by atoms with Gasteiger partial charge in [-0.05, 0) is 50.2 Å². The van der Waals surface area contributed by atoms with Gasteiger partial charge in [0.2, 0.25) is 0 Å². The fourth-order valence-electron chi connectivity index (χ4n) is 2.23. The van der Waals surface area contributed by atoms with Gasteiger partial charge in [0, 0.05) is 16.5 Å². The summed E-state index contributed by atoms with van der Waals surface area (Å²) in [6.45, 7) is 3.78. The number of rotatable bonds is 3. The van der Waals surface area contributed by atoms with Crippen LogP contribution in [0.4, 0.5) is 11.4 Å². The van der Waals surface area contributed by atoms with Crippen LogP contribution >= 0.6 is 0 Å². The number of anilines is 2. The zero-order valence-electron chi connectivity index (χ0n) is 15.2. The first kappa shape index (κ1) is 24.5. The van der Waals surface area contributed by atoms with Crippen LogP contribution in [0.2, 0.25) is 0 Å². The number of nitrogen functional groups attached to an aromatic ring is 2. The Hall–Kier alpha value is -2.48. The third-order valence-electron chi connectivity index (χ3n) is 3.48. The molecule has 0 saturated heterocycles. The molecular formula is C18H21N3O5Zn. The van der Waals surface area contributed by atoms with Gasteiger partial charge in [0.15, 0.2) is 0 Å². The zero-order chi connectivity index (χ0) is 18.6. The fourth-order valence-corrected chi connectivity index (χ4v) is 2.23. The van der Waals surface area contributed by atoms with Gasteiger partial charge in [-0.2, -0.15) is 0 Å². The fraction of sp³-hybridized carbons (Fsp3) is 0.222. The number of benzene rings is 2. The average molecular weight is 425 g/mol. The maximum atomic E-state index is 9.45. The quantitative estimate of drug-likeness (QED) is 0.285. The Labute approximate surface area is 169 Å². The molecule has 0 radical (unpaired) electrons. The third-order valence-corrected chi connectivity index (χ3v) is 3.48. The van der Waals surface area contributed by atoms with Crippen molar-refractivity contribution >= 4 is 39.1 Å². The summed E-state index contributed by atoms with van der Waals surface area (Å²) < 4.78 is 5.50. The number of fused-ring (bicyclic) bond motifs is 2. The Kier molecular flexibility index (Phi) is 9.64. The Morgan fingerprint density at radius 2 is 1.78 bits per heavy atom. The van der Waals surface area contributed by atoms with Crippen molar-refractivity contribution in [1.29, 1.82) is 0 Å². The van der Waals surface area contributed by atoms with Crippen LogP contribution in [0, 0.1) is 0 Å². The Balaban J connectivity index is 0.000000744. The van der Waals surface area contributed by atoms with Gasteiger partial charge in [-0.3, -0.25) is 0 Å². The first-order valence-corrected chi connectivity index (χ1v) is 7.75. The van der Waals surface area contributed by atoms with E-state index in [-0.39, 0.29) is 25.0 Å². The molecule has 0 aliphatic carbocycles. The summed E-state index contributed by atoms with van der Waals surface area (Å²) >= 11 is 0. The summed E-state index contributed by atoms with van der Waals surface area (Å²) in [4.78, 5) is 14.0. The summed E-state index contributed by atoms with van der Waals surface area (Å²) in [6.07, 6.45) is -1.23. The van der Waals surface area contributed by atoms with Crippen molar-refractivity contribution in [3.8, 4) is 5.75 Å². The first-order valence-electron chi connectivity index (χ1n) is 7.75. The number of ether oxygens (including phenoxy) is 1. The average Bonchev–Trinajstić information content (AvgIpc) is 2.56. The third kappa shape index (κ3) is 6.03. The van der Waals surface area contributed by atoms with Crippen LogP contribution in [0.15, 0.2) is 36.4 Å². The topological polar surface area (TPSA) is 160 Å². The van der Waals surface area contributed by atoms with Gasteiger partial charge in [-0.15, -0.1) is 0 Å². The molecule has 0 bridgehead atoms. The molecule has 6 N–H and O–H groups in total. The molecule has 0 saturated carbocycles. The van der Waals surface area contributed by atoms with Crippen LogP contribution in [0.1, 0.15) is 13.8 Å². The molecule has 8 nitrogen and oxygen atoms in total. The second-order valence-corrected chi connectivity index (χ2v) is 5.43. The zero-order valence-corrected chi connectivity index (χ0v) is 18.1. The van der Waals surface area contributed by atoms with E-state index in [9.17, 15) is 4.79 Å². The minimum atomic E-state index is -1.23. The van der Waals surface area contributed by atoms with Crippen molar-refractivity contribution in [2.24, 2.45) is 0 Å². The van der Waals surface area contributed by atoms with Crippen LogP contribution in [-0.4, -0.2) is 33.9 Å². The van der Waals surface area contributed by atoms with E-state index in [4.69, 9.17) is 26.4 Å². The largest absolute Gasteiger partial charge is 2.00 e. The molecule has 140 valence electrons.